The highest BCUT2D eigenvalue weighted by molar-refractivity contribution is 7.98. The fraction of sp³-hybridized carbons (Fsp3) is 0.500. The third-order valence-electron chi connectivity index (χ3n) is 3.16. The number of thioether (sulfide) groups is 1. The molecule has 20 heavy (non-hydrogen) atoms. The summed E-state index contributed by atoms with van der Waals surface area (Å²) in [5.74, 6) is 0.721. The molecule has 0 spiro atoms. The number of carbonyl (C=O) groups is 1. The van der Waals surface area contributed by atoms with Crippen LogP contribution in [-0.4, -0.2) is 30.8 Å². The van der Waals surface area contributed by atoms with Crippen molar-refractivity contribution in [3.05, 3.63) is 21.9 Å². The minimum Gasteiger partial charge on any atom is -0.476 e. The van der Waals surface area contributed by atoms with Gasteiger partial charge in [0.05, 0.1) is 5.69 Å². The van der Waals surface area contributed by atoms with Gasteiger partial charge in [0.1, 0.15) is 5.82 Å². The molecule has 0 fully saturated rings. The summed E-state index contributed by atoms with van der Waals surface area (Å²) in [6, 6.07) is 0. The Labute approximate surface area is 124 Å². The summed E-state index contributed by atoms with van der Waals surface area (Å²) in [7, 11) is 0. The molecule has 0 atom stereocenters. The number of rotatable bonds is 4. The Kier molecular flexibility index (Phi) is 4.02. The number of aromatic carboxylic acids is 1. The Balaban J connectivity index is 1.69. The van der Waals surface area contributed by atoms with E-state index in [9.17, 15) is 4.79 Å². The third kappa shape index (κ3) is 2.85. The van der Waals surface area contributed by atoms with E-state index in [2.05, 4.69) is 19.7 Å². The normalized spacial score (nSPS) is 14.8. The minimum absolute atomic E-state index is 0.140. The molecule has 2 aromatic rings. The van der Waals surface area contributed by atoms with Gasteiger partial charge in [0, 0.05) is 24.1 Å². The van der Waals surface area contributed by atoms with E-state index >= 15 is 0 Å². The lowest BCUT2D eigenvalue weighted by atomic mass is 10.2. The Morgan fingerprint density at radius 1 is 1.40 bits per heavy atom. The summed E-state index contributed by atoms with van der Waals surface area (Å²) in [5, 5.41) is 20.2. The molecule has 1 N–H and O–H groups in total. The van der Waals surface area contributed by atoms with Crippen LogP contribution < -0.4 is 0 Å². The molecular formula is C12H14N4O2S2. The van der Waals surface area contributed by atoms with Crippen LogP contribution >= 0.6 is 23.1 Å². The fourth-order valence-corrected chi connectivity index (χ4v) is 3.81. The summed E-state index contributed by atoms with van der Waals surface area (Å²) >= 11 is 2.73. The van der Waals surface area contributed by atoms with E-state index < -0.39 is 5.97 Å². The van der Waals surface area contributed by atoms with E-state index in [1.807, 2.05) is 0 Å². The van der Waals surface area contributed by atoms with Gasteiger partial charge in [0.2, 0.25) is 5.01 Å². The first kappa shape index (κ1) is 13.6. The van der Waals surface area contributed by atoms with E-state index in [4.69, 9.17) is 5.11 Å². The second-order valence-corrected chi connectivity index (χ2v) is 6.40. The molecule has 0 unspecified atom stereocenters. The van der Waals surface area contributed by atoms with Gasteiger partial charge in [-0.2, -0.15) is 0 Å². The van der Waals surface area contributed by atoms with Gasteiger partial charge >= 0.3 is 5.97 Å². The molecule has 0 saturated carbocycles. The van der Waals surface area contributed by atoms with Crippen molar-refractivity contribution in [2.45, 2.75) is 43.1 Å². The van der Waals surface area contributed by atoms with Crippen LogP contribution in [0.15, 0.2) is 10.5 Å². The van der Waals surface area contributed by atoms with E-state index in [-0.39, 0.29) is 5.01 Å². The van der Waals surface area contributed by atoms with Crippen molar-refractivity contribution in [2.24, 2.45) is 0 Å². The zero-order chi connectivity index (χ0) is 13.9. The number of fused-ring (bicyclic) bond motifs is 1. The van der Waals surface area contributed by atoms with Crippen molar-refractivity contribution in [1.82, 2.24) is 19.7 Å². The predicted octanol–water partition coefficient (Wildman–Crippen LogP) is 2.45. The maximum atomic E-state index is 10.8. The zero-order valence-electron chi connectivity index (χ0n) is 10.8. The maximum absolute atomic E-state index is 10.8. The highest BCUT2D eigenvalue weighted by Crippen LogP contribution is 2.25. The summed E-state index contributed by atoms with van der Waals surface area (Å²) in [5.41, 5.74) is 0.781. The lowest BCUT2D eigenvalue weighted by molar-refractivity contribution is 0.0696. The monoisotopic (exact) mass is 310 g/mol. The van der Waals surface area contributed by atoms with Crippen LogP contribution in [0, 0.1) is 0 Å². The molecule has 0 saturated heterocycles. The largest absolute Gasteiger partial charge is 0.476 e. The average molecular weight is 310 g/mol. The summed E-state index contributed by atoms with van der Waals surface area (Å²) in [4.78, 5) is 14.9. The van der Waals surface area contributed by atoms with Crippen molar-refractivity contribution < 1.29 is 9.90 Å². The molecular weight excluding hydrogens is 296 g/mol. The maximum Gasteiger partial charge on any atom is 0.365 e. The molecule has 106 valence electrons. The van der Waals surface area contributed by atoms with Crippen LogP contribution in [0.5, 0.6) is 0 Å². The van der Waals surface area contributed by atoms with E-state index in [1.54, 1.807) is 17.1 Å². The number of aryl methyl sites for hydroxylation is 1. The Hall–Kier alpha value is -1.41. The number of carboxylic acid groups (broad SMARTS) is 1. The van der Waals surface area contributed by atoms with Gasteiger partial charge < -0.3 is 9.67 Å². The van der Waals surface area contributed by atoms with E-state index in [0.717, 1.165) is 41.0 Å². The number of carboxylic acids is 1. The molecule has 3 heterocycles. The number of hydrogen-bond acceptors (Lipinski definition) is 6. The van der Waals surface area contributed by atoms with Gasteiger partial charge in [-0.05, 0) is 12.8 Å². The first-order valence-electron chi connectivity index (χ1n) is 6.46. The molecule has 2 aromatic heterocycles. The standard InChI is InChI=1S/C12H14N4O2S2/c17-11(18)10-13-8(6-19-10)7-20-12-15-14-9-4-2-1-3-5-16(9)12/h6H,1-5,7H2,(H,17,18). The fourth-order valence-electron chi connectivity index (χ4n) is 2.18. The lowest BCUT2D eigenvalue weighted by Crippen LogP contribution is -2.02. The molecule has 1 aliphatic heterocycles. The van der Waals surface area contributed by atoms with E-state index in [1.165, 1.54) is 19.3 Å². The SMILES string of the molecule is O=C(O)c1nc(CSc2nnc3n2CCCCC3)cs1. The number of aromatic nitrogens is 4. The second kappa shape index (κ2) is 5.92. The smallest absolute Gasteiger partial charge is 0.365 e. The topological polar surface area (TPSA) is 80.9 Å². The van der Waals surface area contributed by atoms with Crippen molar-refractivity contribution >= 4 is 29.1 Å². The molecule has 6 nitrogen and oxygen atoms in total. The van der Waals surface area contributed by atoms with Crippen LogP contribution in [0.2, 0.25) is 0 Å². The summed E-state index contributed by atoms with van der Waals surface area (Å²) < 4.78 is 2.18. The van der Waals surface area contributed by atoms with Crippen molar-refractivity contribution in [2.75, 3.05) is 0 Å². The van der Waals surface area contributed by atoms with Crippen molar-refractivity contribution in [3.63, 3.8) is 0 Å². The van der Waals surface area contributed by atoms with Gasteiger partial charge in [0.25, 0.3) is 0 Å². The molecule has 3 rings (SSSR count). The van der Waals surface area contributed by atoms with Gasteiger partial charge in [-0.15, -0.1) is 21.5 Å². The number of nitrogens with zero attached hydrogens (tertiary/aromatic N) is 4. The van der Waals surface area contributed by atoms with E-state index in [0.29, 0.717) is 5.75 Å². The molecule has 0 amide bonds. The Bertz CT molecular complexity index is 623. The highest BCUT2D eigenvalue weighted by Gasteiger charge is 2.16. The molecule has 8 heteroatoms. The van der Waals surface area contributed by atoms with Crippen LogP contribution in [0.1, 0.15) is 40.6 Å². The van der Waals surface area contributed by atoms with Crippen LogP contribution in [0.4, 0.5) is 0 Å². The third-order valence-corrected chi connectivity index (χ3v) is 5.04. The lowest BCUT2D eigenvalue weighted by Gasteiger charge is -2.05. The Morgan fingerprint density at radius 3 is 3.10 bits per heavy atom. The minimum atomic E-state index is -0.970. The number of hydrogen-bond donors (Lipinski definition) is 1. The number of thiazole rings is 1. The van der Waals surface area contributed by atoms with Crippen LogP contribution in [0.3, 0.4) is 0 Å². The second-order valence-electron chi connectivity index (χ2n) is 4.60. The van der Waals surface area contributed by atoms with Crippen molar-refractivity contribution in [1.29, 1.82) is 0 Å². The Morgan fingerprint density at radius 2 is 2.30 bits per heavy atom. The van der Waals surface area contributed by atoms with Gasteiger partial charge in [-0.1, -0.05) is 18.2 Å². The molecule has 0 radical (unpaired) electrons. The zero-order valence-corrected chi connectivity index (χ0v) is 12.4. The van der Waals surface area contributed by atoms with Gasteiger partial charge in [0.15, 0.2) is 5.16 Å². The molecule has 1 aliphatic rings. The van der Waals surface area contributed by atoms with Gasteiger partial charge in [-0.3, -0.25) is 0 Å². The summed E-state index contributed by atoms with van der Waals surface area (Å²) in [6.45, 7) is 0.974. The van der Waals surface area contributed by atoms with Gasteiger partial charge in [-0.25, -0.2) is 9.78 Å². The van der Waals surface area contributed by atoms with Crippen LogP contribution in [0.25, 0.3) is 0 Å². The first-order valence-corrected chi connectivity index (χ1v) is 8.33. The highest BCUT2D eigenvalue weighted by atomic mass is 32.2. The quantitative estimate of drug-likeness (QED) is 0.874. The molecule has 0 aliphatic carbocycles. The predicted molar refractivity (Wildman–Crippen MR) is 76.2 cm³/mol. The average Bonchev–Trinajstić information content (AvgIpc) is 2.98. The summed E-state index contributed by atoms with van der Waals surface area (Å²) in [6.07, 6.45) is 4.57. The molecule has 0 bridgehead atoms. The molecule has 0 aromatic carbocycles. The van der Waals surface area contributed by atoms with Crippen molar-refractivity contribution in [3.8, 4) is 0 Å². The first-order chi connectivity index (χ1) is 9.74. The van der Waals surface area contributed by atoms with Crippen LogP contribution in [-0.2, 0) is 18.7 Å².